The van der Waals surface area contributed by atoms with E-state index in [1.165, 1.54) is 11.1 Å². The fraction of sp³-hybridized carbons (Fsp3) is 0.478. The average Bonchev–Trinajstić information content (AvgIpc) is 3.07. The molecule has 29 heavy (non-hydrogen) atoms. The zero-order valence-corrected chi connectivity index (χ0v) is 18.3. The van der Waals surface area contributed by atoms with Gasteiger partial charge in [0, 0.05) is 24.8 Å². The predicted octanol–water partition coefficient (Wildman–Crippen LogP) is 4.09. The minimum atomic E-state index is -0.500. The van der Waals surface area contributed by atoms with E-state index in [-0.39, 0.29) is 18.2 Å². The molecule has 0 spiro atoms. The largest absolute Gasteiger partial charge is 0.444 e. The van der Waals surface area contributed by atoms with Crippen LogP contribution in [0.4, 0.5) is 4.79 Å². The van der Waals surface area contributed by atoms with E-state index in [4.69, 9.17) is 4.74 Å². The second kappa shape index (κ2) is 8.41. The monoisotopic (exact) mass is 396 g/mol. The summed E-state index contributed by atoms with van der Waals surface area (Å²) >= 11 is 0. The number of benzene rings is 1. The Morgan fingerprint density at radius 2 is 1.97 bits per heavy atom. The maximum Gasteiger partial charge on any atom is 0.407 e. The number of likely N-dealkylation sites (N-methyl/N-ethyl adjacent to an activating group) is 1. The lowest BCUT2D eigenvalue weighted by atomic mass is 9.85. The highest BCUT2D eigenvalue weighted by Crippen LogP contribution is 2.31. The molecule has 0 unspecified atom stereocenters. The van der Waals surface area contributed by atoms with Gasteiger partial charge in [-0.3, -0.25) is 4.68 Å². The first-order chi connectivity index (χ1) is 13.6. The average molecular weight is 397 g/mol. The van der Waals surface area contributed by atoms with Crippen molar-refractivity contribution in [3.8, 4) is 11.1 Å². The Morgan fingerprint density at radius 3 is 2.59 bits per heavy atom. The first kappa shape index (κ1) is 21.1. The maximum atomic E-state index is 12.3. The Bertz CT molecular complexity index is 892. The number of alkyl carbamates (subject to hydrolysis) is 1. The minimum Gasteiger partial charge on any atom is -0.444 e. The molecular weight excluding hydrogens is 364 g/mol. The van der Waals surface area contributed by atoms with Crippen molar-refractivity contribution < 1.29 is 9.53 Å². The van der Waals surface area contributed by atoms with Crippen molar-refractivity contribution in [2.24, 2.45) is 7.05 Å². The van der Waals surface area contributed by atoms with Crippen molar-refractivity contribution >= 4 is 11.7 Å². The molecule has 6 nitrogen and oxygen atoms in total. The van der Waals surface area contributed by atoms with Gasteiger partial charge in [-0.25, -0.2) is 4.79 Å². The number of hydrogen-bond donors (Lipinski definition) is 1. The van der Waals surface area contributed by atoms with E-state index in [1.807, 2.05) is 44.9 Å². The van der Waals surface area contributed by atoms with Gasteiger partial charge in [0.05, 0.1) is 12.2 Å². The summed E-state index contributed by atoms with van der Waals surface area (Å²) in [6.45, 7) is 5.64. The van der Waals surface area contributed by atoms with Gasteiger partial charge in [0.25, 0.3) is 0 Å². The van der Waals surface area contributed by atoms with Crippen LogP contribution in [0, 0.1) is 0 Å². The number of hydrogen-bond acceptors (Lipinski definition) is 4. The normalized spacial score (nSPS) is 19.8. The number of carbonyl (C=O) groups is 1. The van der Waals surface area contributed by atoms with E-state index in [2.05, 4.69) is 59.8 Å². The van der Waals surface area contributed by atoms with Gasteiger partial charge in [-0.05, 0) is 70.5 Å². The molecule has 2 atom stereocenters. The van der Waals surface area contributed by atoms with Gasteiger partial charge >= 0.3 is 6.09 Å². The number of carbonyl (C=O) groups excluding carboxylic acids is 1. The fourth-order valence-corrected chi connectivity index (χ4v) is 3.74. The number of aromatic nitrogens is 2. The van der Waals surface area contributed by atoms with E-state index in [1.54, 1.807) is 0 Å². The highest BCUT2D eigenvalue weighted by molar-refractivity contribution is 5.74. The number of aryl methyl sites for hydroxylation is 1. The molecule has 1 heterocycles. The molecule has 0 aliphatic heterocycles. The van der Waals surface area contributed by atoms with Crippen molar-refractivity contribution in [2.75, 3.05) is 14.1 Å². The van der Waals surface area contributed by atoms with Gasteiger partial charge < -0.3 is 15.0 Å². The third-order valence-electron chi connectivity index (χ3n) is 5.15. The van der Waals surface area contributed by atoms with Crippen LogP contribution in [-0.4, -0.2) is 52.6 Å². The molecule has 1 aromatic carbocycles. The molecule has 156 valence electrons. The van der Waals surface area contributed by atoms with Crippen LogP contribution >= 0.6 is 0 Å². The Kier molecular flexibility index (Phi) is 6.13. The molecule has 1 N–H and O–H groups in total. The number of amides is 1. The smallest absolute Gasteiger partial charge is 0.407 e. The van der Waals surface area contributed by atoms with Crippen LogP contribution in [0.3, 0.4) is 0 Å². The topological polar surface area (TPSA) is 59.4 Å². The van der Waals surface area contributed by atoms with Crippen molar-refractivity contribution in [1.29, 1.82) is 0 Å². The number of rotatable bonds is 4. The summed E-state index contributed by atoms with van der Waals surface area (Å²) in [6.07, 6.45) is 7.43. The standard InChI is InChI=1S/C23H32N4O2/c1-23(2,3)29-22(28)25-20-11-10-18(13-21(20)26(4)5)16-8-7-9-17(12-16)19-14-24-27(6)15-19/h7-10,12,14-15,20-21H,11,13H2,1-6H3,(H,25,28)/t20-,21-/m0/s1. The molecule has 2 aromatic rings. The molecule has 1 amide bonds. The molecule has 1 aromatic heterocycles. The summed E-state index contributed by atoms with van der Waals surface area (Å²) in [5.74, 6) is 0. The Morgan fingerprint density at radius 1 is 1.24 bits per heavy atom. The Hall–Kier alpha value is -2.60. The third-order valence-corrected chi connectivity index (χ3v) is 5.15. The van der Waals surface area contributed by atoms with Crippen molar-refractivity contribution in [1.82, 2.24) is 20.0 Å². The molecule has 0 saturated carbocycles. The molecule has 0 bridgehead atoms. The molecule has 0 saturated heterocycles. The molecule has 6 heteroatoms. The number of nitrogens with one attached hydrogen (secondary N) is 1. The highest BCUT2D eigenvalue weighted by Gasteiger charge is 2.30. The quantitative estimate of drug-likeness (QED) is 0.846. The summed E-state index contributed by atoms with van der Waals surface area (Å²) < 4.78 is 7.27. The van der Waals surface area contributed by atoms with Crippen LogP contribution < -0.4 is 5.32 Å². The molecular formula is C23H32N4O2. The summed E-state index contributed by atoms with van der Waals surface area (Å²) in [5, 5.41) is 7.34. The fourth-order valence-electron chi connectivity index (χ4n) is 3.74. The number of ether oxygens (including phenoxy) is 1. The van der Waals surface area contributed by atoms with E-state index in [0.717, 1.165) is 24.0 Å². The summed E-state index contributed by atoms with van der Waals surface area (Å²) in [6, 6.07) is 8.79. The zero-order valence-electron chi connectivity index (χ0n) is 18.3. The van der Waals surface area contributed by atoms with Crippen LogP contribution in [0.15, 0.2) is 42.7 Å². The molecule has 0 fully saturated rings. The summed E-state index contributed by atoms with van der Waals surface area (Å²) in [5.41, 5.74) is 4.29. The van der Waals surface area contributed by atoms with E-state index in [0.29, 0.717) is 0 Å². The first-order valence-corrected chi connectivity index (χ1v) is 10.1. The van der Waals surface area contributed by atoms with Crippen LogP contribution in [0.25, 0.3) is 16.7 Å². The van der Waals surface area contributed by atoms with Crippen LogP contribution in [-0.2, 0) is 11.8 Å². The molecule has 3 rings (SSSR count). The first-order valence-electron chi connectivity index (χ1n) is 10.1. The van der Waals surface area contributed by atoms with Crippen LogP contribution in [0.5, 0.6) is 0 Å². The predicted molar refractivity (Wildman–Crippen MR) is 116 cm³/mol. The Balaban J connectivity index is 1.78. The molecule has 0 radical (unpaired) electrons. The molecule has 1 aliphatic carbocycles. The summed E-state index contributed by atoms with van der Waals surface area (Å²) in [7, 11) is 6.05. The zero-order chi connectivity index (χ0) is 21.2. The van der Waals surface area contributed by atoms with Crippen molar-refractivity contribution in [2.45, 2.75) is 51.3 Å². The SMILES string of the molecule is CN(C)[C@H]1CC(c2cccc(-c3cnn(C)c3)c2)=CC[C@@H]1NC(=O)OC(C)(C)C. The van der Waals surface area contributed by atoms with Gasteiger partial charge in [0.1, 0.15) is 5.60 Å². The Labute approximate surface area is 173 Å². The second-order valence-corrected chi connectivity index (χ2v) is 8.94. The third kappa shape index (κ3) is 5.48. The lowest BCUT2D eigenvalue weighted by Crippen LogP contribution is -2.51. The van der Waals surface area contributed by atoms with Gasteiger partial charge in [-0.1, -0.05) is 24.3 Å². The second-order valence-electron chi connectivity index (χ2n) is 8.94. The van der Waals surface area contributed by atoms with Crippen LogP contribution in [0.1, 0.15) is 39.2 Å². The van der Waals surface area contributed by atoms with E-state index < -0.39 is 5.60 Å². The van der Waals surface area contributed by atoms with Gasteiger partial charge in [0.2, 0.25) is 0 Å². The van der Waals surface area contributed by atoms with Gasteiger partial charge in [-0.15, -0.1) is 0 Å². The van der Waals surface area contributed by atoms with Gasteiger partial charge in [0.15, 0.2) is 0 Å². The minimum absolute atomic E-state index is 0.0186. The van der Waals surface area contributed by atoms with E-state index >= 15 is 0 Å². The highest BCUT2D eigenvalue weighted by atomic mass is 16.6. The maximum absolute atomic E-state index is 12.3. The molecule has 1 aliphatic rings. The van der Waals surface area contributed by atoms with E-state index in [9.17, 15) is 4.79 Å². The number of nitrogens with zero attached hydrogens (tertiary/aromatic N) is 3. The van der Waals surface area contributed by atoms with Gasteiger partial charge in [-0.2, -0.15) is 5.10 Å². The van der Waals surface area contributed by atoms with Crippen molar-refractivity contribution in [3.63, 3.8) is 0 Å². The van der Waals surface area contributed by atoms with Crippen LogP contribution in [0.2, 0.25) is 0 Å². The summed E-state index contributed by atoms with van der Waals surface area (Å²) in [4.78, 5) is 14.5. The van der Waals surface area contributed by atoms with Crippen molar-refractivity contribution in [3.05, 3.63) is 48.3 Å². The lowest BCUT2D eigenvalue weighted by molar-refractivity contribution is 0.0474. The lowest BCUT2D eigenvalue weighted by Gasteiger charge is -2.36.